The summed E-state index contributed by atoms with van der Waals surface area (Å²) in [5.74, 6) is -0.681. The van der Waals surface area contributed by atoms with E-state index in [0.29, 0.717) is 5.56 Å². The molecule has 54 heavy (non-hydrogen) atoms. The van der Waals surface area contributed by atoms with Crippen molar-refractivity contribution in [1.29, 1.82) is 0 Å². The summed E-state index contributed by atoms with van der Waals surface area (Å²) in [7, 11) is 1.32. The van der Waals surface area contributed by atoms with Crippen LogP contribution >= 0.6 is 0 Å². The molecule has 4 aliphatic heterocycles. The highest BCUT2D eigenvalue weighted by atomic mass is 16.7. The van der Waals surface area contributed by atoms with Gasteiger partial charge in [0.25, 0.3) is 11.9 Å². The molecule has 6 rings (SSSR count). The van der Waals surface area contributed by atoms with Crippen LogP contribution in [0.2, 0.25) is 0 Å². The molecule has 4 heterocycles. The van der Waals surface area contributed by atoms with E-state index in [-0.39, 0.29) is 40.1 Å². The van der Waals surface area contributed by atoms with Gasteiger partial charge < -0.3 is 99.2 Å². The lowest BCUT2D eigenvalue weighted by Crippen LogP contribution is -2.61. The van der Waals surface area contributed by atoms with E-state index in [1.165, 1.54) is 44.4 Å². The second-order valence-corrected chi connectivity index (χ2v) is 13.3. The minimum Gasteiger partial charge on any atom is -0.571 e. The number of aliphatic hydroxyl groups excluding tert-OH is 10. The smallest absolute Gasteiger partial charge is 0.270 e. The Morgan fingerprint density at radius 3 is 1.94 bits per heavy atom. The molecule has 20 heteroatoms. The van der Waals surface area contributed by atoms with Crippen molar-refractivity contribution < 1.29 is 99.2 Å². The minimum atomic E-state index is -1.88. The zero-order valence-electron chi connectivity index (χ0n) is 28.8. The molecular weight excluding hydrogens is 728 g/mol. The summed E-state index contributed by atoms with van der Waals surface area (Å²) in [5.41, 5.74) is 0.455. The predicted molar refractivity (Wildman–Crippen MR) is 176 cm³/mol. The zero-order valence-corrected chi connectivity index (χ0v) is 28.8. The molecule has 300 valence electrons. The van der Waals surface area contributed by atoms with Gasteiger partial charge in [-0.1, -0.05) is 0 Å². The van der Waals surface area contributed by atoms with Gasteiger partial charge in [-0.25, -0.2) is 0 Å². The molecule has 2 aromatic carbocycles. The van der Waals surface area contributed by atoms with Crippen molar-refractivity contribution in [2.45, 2.75) is 105 Å². The fourth-order valence-corrected chi connectivity index (χ4v) is 6.49. The fraction of sp³-hybridized carbons (Fsp3) is 0.588. The number of phenols is 2. The van der Waals surface area contributed by atoms with Crippen LogP contribution in [0.5, 0.6) is 28.7 Å². The first-order valence-corrected chi connectivity index (χ1v) is 16.9. The van der Waals surface area contributed by atoms with Crippen molar-refractivity contribution in [1.82, 2.24) is 0 Å². The standard InChI is InChI=1S/C34H44O20/c1-11-22(38)25(41)28(44)32(49-11)48-10-21-24(40)27(43)30(46)34(54-21)52-19-8-14-16(50-31(19)12-3-4-15(37)18(5-12)47-2)6-13(36)7-17(14)51-33-29(45)26(42)23(39)20(9-35)53-33/h3-8,11,20-46H,9-10H2,1-2H3/p+1/t11-,20-,21-,22+,23-,24-,25+,26+,27+,28-,29+,30-,31?,32-,33-,34-/m1/s1. The number of benzene rings is 2. The molecular formula is C34H45O20+. The Kier molecular flexibility index (Phi) is 12.1. The maximum atomic E-state index is 11.0. The summed E-state index contributed by atoms with van der Waals surface area (Å²) < 4.78 is 44.3. The lowest BCUT2D eigenvalue weighted by Gasteiger charge is -2.42. The topological polar surface area (TPSA) is 320 Å². The van der Waals surface area contributed by atoms with Gasteiger partial charge in [0.15, 0.2) is 23.5 Å². The minimum absolute atomic E-state index is 0.0548. The number of aromatic hydroxyl groups is 3. The Bertz CT molecular complexity index is 1640. The SMILES string of the molecule is COc1cc(C2[OH+]c3cc(O)cc(O[C@@H]4O[C@H](CO)[C@@H](O)[C@H](O)[C@@H]4O)c3C=C2O[C@@H]2O[C@H](CO[C@@H]3O[C@H](C)[C@H](O)[C@H](O)[C@H]3O)[C@@H](O)[C@H](O)[C@H]2O)ccc1O. The molecule has 20 nitrogen and oxygen atoms in total. The van der Waals surface area contributed by atoms with Crippen LogP contribution in [0.25, 0.3) is 6.08 Å². The summed E-state index contributed by atoms with van der Waals surface area (Å²) in [6, 6.07) is 6.65. The van der Waals surface area contributed by atoms with Gasteiger partial charge in [0.05, 0.1) is 38.1 Å². The van der Waals surface area contributed by atoms with E-state index in [0.717, 1.165) is 6.07 Å². The lowest BCUT2D eigenvalue weighted by molar-refractivity contribution is -0.325. The van der Waals surface area contributed by atoms with Crippen molar-refractivity contribution in [2.75, 3.05) is 20.3 Å². The summed E-state index contributed by atoms with van der Waals surface area (Å²) in [6.07, 6.45) is -23.8. The number of methoxy groups -OCH3 is 1. The van der Waals surface area contributed by atoms with E-state index in [9.17, 15) is 61.3 Å². The number of fused-ring (bicyclic) bond motifs is 1. The largest absolute Gasteiger partial charge is 0.571 e. The molecule has 0 aromatic heterocycles. The summed E-state index contributed by atoms with van der Waals surface area (Å²) in [4.78, 5) is 0. The molecule has 0 spiro atoms. The van der Waals surface area contributed by atoms with Gasteiger partial charge in [-0.2, -0.15) is 0 Å². The predicted octanol–water partition coefficient (Wildman–Crippen LogP) is -3.71. The van der Waals surface area contributed by atoms with Crippen molar-refractivity contribution in [3.63, 3.8) is 0 Å². The van der Waals surface area contributed by atoms with Crippen LogP contribution in [0.15, 0.2) is 36.1 Å². The summed E-state index contributed by atoms with van der Waals surface area (Å²) >= 11 is 0. The zero-order chi connectivity index (χ0) is 39.2. The van der Waals surface area contributed by atoms with E-state index in [4.69, 9.17) is 37.9 Å². The molecule has 1 unspecified atom stereocenters. The Hall–Kier alpha value is -3.58. The Morgan fingerprint density at radius 1 is 0.667 bits per heavy atom. The van der Waals surface area contributed by atoms with Crippen molar-refractivity contribution in [3.05, 3.63) is 47.2 Å². The third-order valence-corrected chi connectivity index (χ3v) is 9.69. The fourth-order valence-electron chi connectivity index (χ4n) is 6.49. The van der Waals surface area contributed by atoms with Crippen LogP contribution in [-0.4, -0.2) is 178 Å². The second kappa shape index (κ2) is 16.3. The van der Waals surface area contributed by atoms with E-state index in [1.54, 1.807) is 0 Å². The van der Waals surface area contributed by atoms with Gasteiger partial charge in [-0.05, 0) is 25.1 Å². The summed E-state index contributed by atoms with van der Waals surface area (Å²) in [6.45, 7) is 0.140. The number of ether oxygens (including phenoxy) is 8. The van der Waals surface area contributed by atoms with Crippen LogP contribution in [0, 0.1) is 0 Å². The molecule has 13 N–H and O–H groups in total. The van der Waals surface area contributed by atoms with Crippen LogP contribution in [0.1, 0.15) is 24.2 Å². The number of hydrogen-bond acceptors (Lipinski definition) is 19. The van der Waals surface area contributed by atoms with Gasteiger partial charge in [0.1, 0.15) is 84.2 Å². The number of phenolic OH excluding ortho intramolecular Hbond substituents is 2. The highest BCUT2D eigenvalue weighted by Gasteiger charge is 2.49. The third-order valence-electron chi connectivity index (χ3n) is 9.69. The van der Waals surface area contributed by atoms with Crippen molar-refractivity contribution >= 4 is 6.08 Å². The second-order valence-electron chi connectivity index (χ2n) is 13.3. The van der Waals surface area contributed by atoms with E-state index < -0.39 is 111 Å². The molecule has 0 amide bonds. The quantitative estimate of drug-likeness (QED) is 0.103. The molecule has 0 bridgehead atoms. The lowest BCUT2D eigenvalue weighted by atomic mass is 9.98. The number of aliphatic hydroxyl groups is 11. The molecule has 16 atom stereocenters. The normalized spacial score (nSPS) is 39.5. The van der Waals surface area contributed by atoms with Gasteiger partial charge >= 0.3 is 0 Å². The molecule has 0 aliphatic carbocycles. The number of hydrogen-bond donors (Lipinski definition) is 12. The van der Waals surface area contributed by atoms with Crippen LogP contribution in [-0.2, 0) is 23.7 Å². The first-order valence-electron chi connectivity index (χ1n) is 16.9. The van der Waals surface area contributed by atoms with E-state index >= 15 is 0 Å². The molecule has 0 saturated carbocycles. The average Bonchev–Trinajstić information content (AvgIpc) is 3.15. The Labute approximate surface area is 306 Å². The van der Waals surface area contributed by atoms with Crippen LogP contribution in [0.4, 0.5) is 0 Å². The van der Waals surface area contributed by atoms with Crippen LogP contribution in [0.3, 0.4) is 0 Å². The van der Waals surface area contributed by atoms with E-state index in [1.807, 2.05) is 0 Å². The van der Waals surface area contributed by atoms with Gasteiger partial charge in [0, 0.05) is 12.1 Å². The Morgan fingerprint density at radius 2 is 1.28 bits per heavy atom. The first kappa shape index (κ1) is 40.1. The maximum absolute atomic E-state index is 11.0. The monoisotopic (exact) mass is 773 g/mol. The summed E-state index contributed by atoms with van der Waals surface area (Å²) in [5, 5.41) is 125. The first-order chi connectivity index (χ1) is 25.6. The maximum Gasteiger partial charge on any atom is 0.270 e. The molecule has 3 fully saturated rings. The molecule has 2 aromatic rings. The average molecular weight is 774 g/mol. The molecule has 0 radical (unpaired) electrons. The van der Waals surface area contributed by atoms with Gasteiger partial charge in [-0.15, -0.1) is 0 Å². The number of rotatable bonds is 10. The molecule has 4 aliphatic rings. The highest BCUT2D eigenvalue weighted by Crippen LogP contribution is 2.47. The van der Waals surface area contributed by atoms with Crippen molar-refractivity contribution in [3.8, 4) is 28.7 Å². The van der Waals surface area contributed by atoms with E-state index in [2.05, 4.69) is 0 Å². The van der Waals surface area contributed by atoms with Gasteiger partial charge in [0.2, 0.25) is 12.6 Å². The highest BCUT2D eigenvalue weighted by molar-refractivity contribution is 5.70. The molecule has 3 saturated heterocycles. The van der Waals surface area contributed by atoms with Gasteiger partial charge in [-0.3, -0.25) is 0 Å². The Balaban J connectivity index is 1.32. The van der Waals surface area contributed by atoms with Crippen molar-refractivity contribution in [2.24, 2.45) is 0 Å². The third kappa shape index (κ3) is 7.76. The van der Waals surface area contributed by atoms with Crippen LogP contribution < -0.4 is 9.47 Å².